The zero-order chi connectivity index (χ0) is 17.8. The zero-order valence-electron chi connectivity index (χ0n) is 15.1. The highest BCUT2D eigenvalue weighted by atomic mass is 16.5. The molecule has 1 aliphatic carbocycles. The molecule has 4 rings (SSSR count). The minimum absolute atomic E-state index is 0.262. The Morgan fingerprint density at radius 2 is 1.88 bits per heavy atom. The summed E-state index contributed by atoms with van der Waals surface area (Å²) in [6.45, 7) is 2.44. The van der Waals surface area contributed by atoms with Crippen molar-refractivity contribution >= 4 is 0 Å². The topological polar surface area (TPSA) is 81.7 Å². The van der Waals surface area contributed by atoms with Crippen molar-refractivity contribution in [3.8, 4) is 5.69 Å². The van der Waals surface area contributed by atoms with Crippen molar-refractivity contribution in [1.29, 1.82) is 0 Å². The number of nitrogens with one attached hydrogen (secondary N) is 1. The third kappa shape index (κ3) is 3.39. The van der Waals surface area contributed by atoms with Crippen molar-refractivity contribution in [1.82, 2.24) is 30.2 Å². The third-order valence-electron chi connectivity index (χ3n) is 5.15. The van der Waals surface area contributed by atoms with Gasteiger partial charge in [0.2, 0.25) is 5.89 Å². The Kier molecular flexibility index (Phi) is 4.79. The predicted octanol–water partition coefficient (Wildman–Crippen LogP) is 3.30. The minimum Gasteiger partial charge on any atom is -0.340 e. The van der Waals surface area contributed by atoms with E-state index < -0.39 is 0 Å². The molecule has 26 heavy (non-hydrogen) atoms. The van der Waals surface area contributed by atoms with Gasteiger partial charge in [0.25, 0.3) is 0 Å². The van der Waals surface area contributed by atoms with E-state index in [0.29, 0.717) is 12.4 Å². The van der Waals surface area contributed by atoms with Crippen molar-refractivity contribution in [3.05, 3.63) is 54.2 Å². The van der Waals surface area contributed by atoms with Crippen LogP contribution < -0.4 is 5.32 Å². The van der Waals surface area contributed by atoms with Crippen LogP contribution >= 0.6 is 0 Å². The fourth-order valence-electron chi connectivity index (χ4n) is 3.74. The minimum atomic E-state index is -0.262. The zero-order valence-corrected chi connectivity index (χ0v) is 15.1. The molecule has 2 aromatic heterocycles. The summed E-state index contributed by atoms with van der Waals surface area (Å²) in [5.74, 6) is 2.25. The van der Waals surface area contributed by atoms with Crippen molar-refractivity contribution in [2.45, 2.75) is 57.5 Å². The van der Waals surface area contributed by atoms with Crippen LogP contribution in [0, 0.1) is 6.92 Å². The first-order valence-corrected chi connectivity index (χ1v) is 9.27. The molecule has 0 amide bonds. The van der Waals surface area contributed by atoms with Gasteiger partial charge in [-0.15, -0.1) is 10.2 Å². The highest BCUT2D eigenvalue weighted by molar-refractivity contribution is 5.32. The van der Waals surface area contributed by atoms with Gasteiger partial charge in [-0.2, -0.15) is 4.98 Å². The van der Waals surface area contributed by atoms with Crippen LogP contribution in [0.3, 0.4) is 0 Å². The van der Waals surface area contributed by atoms with Gasteiger partial charge in [-0.1, -0.05) is 49.0 Å². The molecule has 0 atom stereocenters. The van der Waals surface area contributed by atoms with Gasteiger partial charge in [-0.25, -0.2) is 0 Å². The van der Waals surface area contributed by atoms with E-state index in [1.807, 2.05) is 29.7 Å². The molecule has 0 radical (unpaired) electrons. The molecule has 1 saturated carbocycles. The van der Waals surface area contributed by atoms with E-state index in [1.54, 1.807) is 6.33 Å². The molecule has 7 heteroatoms. The molecule has 1 aliphatic rings. The third-order valence-corrected chi connectivity index (χ3v) is 5.15. The van der Waals surface area contributed by atoms with Gasteiger partial charge in [-0.3, -0.25) is 9.88 Å². The van der Waals surface area contributed by atoms with Crippen molar-refractivity contribution < 1.29 is 4.52 Å². The average Bonchev–Trinajstić information content (AvgIpc) is 3.25. The van der Waals surface area contributed by atoms with Crippen LogP contribution in [-0.2, 0) is 12.1 Å². The molecular weight excluding hydrogens is 328 g/mol. The smallest absolute Gasteiger partial charge is 0.223 e. The van der Waals surface area contributed by atoms with Crippen LogP contribution in [0.15, 0.2) is 41.2 Å². The van der Waals surface area contributed by atoms with E-state index in [-0.39, 0.29) is 5.54 Å². The molecule has 0 unspecified atom stereocenters. The van der Waals surface area contributed by atoms with Crippen LogP contribution in [0.4, 0.5) is 0 Å². The standard InChI is InChI=1S/C19H24N6O/c1-15-22-18(24-26-15)19(11-7-2-3-8-12-19)20-13-17-23-21-14-25(17)16-9-5-4-6-10-16/h4-6,9-10,14,20H,2-3,7-8,11-13H2,1H3. The highest BCUT2D eigenvalue weighted by Gasteiger charge is 2.37. The van der Waals surface area contributed by atoms with Gasteiger partial charge in [0.15, 0.2) is 11.6 Å². The average molecular weight is 352 g/mol. The van der Waals surface area contributed by atoms with E-state index in [4.69, 9.17) is 4.52 Å². The Bertz CT molecular complexity index is 833. The lowest BCUT2D eigenvalue weighted by molar-refractivity contribution is 0.255. The number of hydrogen-bond donors (Lipinski definition) is 1. The highest BCUT2D eigenvalue weighted by Crippen LogP contribution is 2.34. The van der Waals surface area contributed by atoms with Crippen molar-refractivity contribution in [3.63, 3.8) is 0 Å². The molecule has 1 N–H and O–H groups in total. The van der Waals surface area contributed by atoms with Gasteiger partial charge in [-0.05, 0) is 25.0 Å². The van der Waals surface area contributed by atoms with Crippen LogP contribution in [0.2, 0.25) is 0 Å². The Morgan fingerprint density at radius 1 is 1.12 bits per heavy atom. The summed E-state index contributed by atoms with van der Waals surface area (Å²) in [7, 11) is 0. The summed E-state index contributed by atoms with van der Waals surface area (Å²) in [6.07, 6.45) is 8.58. The van der Waals surface area contributed by atoms with E-state index in [1.165, 1.54) is 12.8 Å². The largest absolute Gasteiger partial charge is 0.340 e. The maximum atomic E-state index is 5.28. The molecular formula is C19H24N6O. The molecule has 1 fully saturated rings. The first-order valence-electron chi connectivity index (χ1n) is 9.27. The van der Waals surface area contributed by atoms with Crippen LogP contribution in [0.25, 0.3) is 5.69 Å². The lowest BCUT2D eigenvalue weighted by Crippen LogP contribution is -2.43. The van der Waals surface area contributed by atoms with Crippen molar-refractivity contribution in [2.24, 2.45) is 0 Å². The molecule has 1 aromatic carbocycles. The molecule has 0 bridgehead atoms. The van der Waals surface area contributed by atoms with E-state index in [2.05, 4.69) is 37.8 Å². The second-order valence-corrected chi connectivity index (χ2v) is 6.94. The summed E-state index contributed by atoms with van der Waals surface area (Å²) in [5, 5.41) is 16.4. The molecule has 0 aliphatic heterocycles. The molecule has 136 valence electrons. The monoisotopic (exact) mass is 352 g/mol. The Labute approximate surface area is 152 Å². The van der Waals surface area contributed by atoms with E-state index >= 15 is 0 Å². The van der Waals surface area contributed by atoms with Crippen LogP contribution in [-0.4, -0.2) is 24.9 Å². The van der Waals surface area contributed by atoms with Crippen LogP contribution in [0.5, 0.6) is 0 Å². The van der Waals surface area contributed by atoms with Crippen LogP contribution in [0.1, 0.15) is 56.1 Å². The summed E-state index contributed by atoms with van der Waals surface area (Å²) < 4.78 is 7.29. The number of para-hydroxylation sites is 1. The summed E-state index contributed by atoms with van der Waals surface area (Å²) >= 11 is 0. The van der Waals surface area contributed by atoms with Gasteiger partial charge in [0, 0.05) is 12.6 Å². The second kappa shape index (κ2) is 7.37. The molecule has 3 aromatic rings. The molecule has 2 heterocycles. The molecule has 0 saturated heterocycles. The van der Waals surface area contributed by atoms with Gasteiger partial charge in [0.05, 0.1) is 12.1 Å². The summed E-state index contributed by atoms with van der Waals surface area (Å²) in [6, 6.07) is 10.1. The van der Waals surface area contributed by atoms with Gasteiger partial charge >= 0.3 is 0 Å². The quantitative estimate of drug-likeness (QED) is 0.710. The van der Waals surface area contributed by atoms with E-state index in [9.17, 15) is 0 Å². The first kappa shape index (κ1) is 16.9. The second-order valence-electron chi connectivity index (χ2n) is 6.94. The lowest BCUT2D eigenvalue weighted by Gasteiger charge is -2.30. The molecule has 0 spiro atoms. The molecule has 7 nitrogen and oxygen atoms in total. The fraction of sp³-hybridized carbons (Fsp3) is 0.474. The Balaban J connectivity index is 1.59. The van der Waals surface area contributed by atoms with Crippen molar-refractivity contribution in [2.75, 3.05) is 0 Å². The van der Waals surface area contributed by atoms with E-state index in [0.717, 1.165) is 43.0 Å². The number of hydrogen-bond acceptors (Lipinski definition) is 6. The Morgan fingerprint density at radius 3 is 2.58 bits per heavy atom. The maximum Gasteiger partial charge on any atom is 0.223 e. The summed E-state index contributed by atoms with van der Waals surface area (Å²) in [4.78, 5) is 4.55. The maximum absolute atomic E-state index is 5.28. The Hall–Kier alpha value is -2.54. The van der Waals surface area contributed by atoms with Gasteiger partial charge < -0.3 is 4.52 Å². The lowest BCUT2D eigenvalue weighted by atomic mass is 9.89. The SMILES string of the molecule is Cc1nc(C2(NCc3nncn3-c3ccccc3)CCCCCC2)no1. The number of aromatic nitrogens is 5. The first-order chi connectivity index (χ1) is 12.8. The fourth-order valence-corrected chi connectivity index (χ4v) is 3.74. The normalized spacial score (nSPS) is 17.1. The number of rotatable bonds is 5. The van der Waals surface area contributed by atoms with Gasteiger partial charge in [0.1, 0.15) is 6.33 Å². The number of benzene rings is 1. The predicted molar refractivity (Wildman–Crippen MR) is 96.6 cm³/mol. The summed E-state index contributed by atoms with van der Waals surface area (Å²) in [5.41, 5.74) is 0.793. The number of nitrogens with zero attached hydrogens (tertiary/aromatic N) is 5. The number of aryl methyl sites for hydroxylation is 1.